The van der Waals surface area contributed by atoms with Crippen LogP contribution in [0.3, 0.4) is 0 Å². The average Bonchev–Trinajstić information content (AvgIpc) is 2.12. The Morgan fingerprint density at radius 2 is 1.82 bits per heavy atom. The summed E-state index contributed by atoms with van der Waals surface area (Å²) in [4.78, 5) is 21.1. The summed E-state index contributed by atoms with van der Waals surface area (Å²) >= 11 is 0. The van der Waals surface area contributed by atoms with E-state index < -0.39 is 43.0 Å². The Kier molecular flexibility index (Phi) is 3.30. The van der Waals surface area contributed by atoms with Crippen molar-refractivity contribution in [1.82, 2.24) is 4.90 Å². The number of carbonyl (C=O) groups excluding carboxylic acids is 1. The van der Waals surface area contributed by atoms with Crippen molar-refractivity contribution < 1.29 is 36.6 Å². The second-order valence-corrected chi connectivity index (χ2v) is 3.60. The highest BCUT2D eigenvalue weighted by atomic mass is 19.4. The van der Waals surface area contributed by atoms with Gasteiger partial charge >= 0.3 is 18.1 Å². The zero-order chi connectivity index (χ0) is 13.4. The minimum atomic E-state index is -5.36. The van der Waals surface area contributed by atoms with Crippen LogP contribution < -0.4 is 0 Å². The number of piperidine rings is 1. The van der Waals surface area contributed by atoms with Gasteiger partial charge in [-0.05, 0) is 6.42 Å². The van der Waals surface area contributed by atoms with Gasteiger partial charge in [-0.1, -0.05) is 0 Å². The molecule has 0 bridgehead atoms. The predicted molar refractivity (Wildman–Crippen MR) is 43.4 cm³/mol. The first-order valence-corrected chi connectivity index (χ1v) is 4.56. The maximum atomic E-state index is 13.2. The van der Waals surface area contributed by atoms with Crippen molar-refractivity contribution in [1.29, 1.82) is 0 Å². The standard InChI is InChI=1S/C8H8F5NO3/c9-7(10)2-1-3-14(4(7)5(15)16)6(17)8(11,12)13/h4H,1-3H2,(H,15,16)/t4-/m1/s1. The van der Waals surface area contributed by atoms with Gasteiger partial charge in [-0.15, -0.1) is 0 Å². The average molecular weight is 261 g/mol. The van der Waals surface area contributed by atoms with Crippen molar-refractivity contribution in [3.05, 3.63) is 0 Å². The molecule has 4 nitrogen and oxygen atoms in total. The van der Waals surface area contributed by atoms with E-state index in [1.807, 2.05) is 0 Å². The summed E-state index contributed by atoms with van der Waals surface area (Å²) in [5.41, 5.74) is 0. The lowest BCUT2D eigenvalue weighted by Gasteiger charge is -2.38. The van der Waals surface area contributed by atoms with E-state index in [9.17, 15) is 31.5 Å². The van der Waals surface area contributed by atoms with E-state index in [4.69, 9.17) is 5.11 Å². The number of amides is 1. The number of carboxylic acids is 1. The number of likely N-dealkylation sites (tertiary alicyclic amines) is 1. The van der Waals surface area contributed by atoms with E-state index in [-0.39, 0.29) is 11.3 Å². The highest BCUT2D eigenvalue weighted by Gasteiger charge is 2.56. The molecule has 0 radical (unpaired) electrons. The number of carboxylic acid groups (broad SMARTS) is 1. The molecule has 1 saturated heterocycles. The summed E-state index contributed by atoms with van der Waals surface area (Å²) in [6.45, 7) is -0.648. The van der Waals surface area contributed by atoms with Crippen LogP contribution in [0.4, 0.5) is 22.0 Å². The van der Waals surface area contributed by atoms with Crippen LogP contribution in [-0.4, -0.2) is 46.6 Å². The number of halogens is 5. The van der Waals surface area contributed by atoms with Crippen LogP contribution in [0.2, 0.25) is 0 Å². The fraction of sp³-hybridized carbons (Fsp3) is 0.750. The second-order valence-electron chi connectivity index (χ2n) is 3.60. The SMILES string of the molecule is O=C(O)[C@H]1N(C(=O)C(F)(F)F)CCCC1(F)F. The highest BCUT2D eigenvalue weighted by molar-refractivity contribution is 5.87. The lowest BCUT2D eigenvalue weighted by molar-refractivity contribution is -0.204. The third-order valence-corrected chi connectivity index (χ3v) is 2.36. The first-order chi connectivity index (χ1) is 7.57. The van der Waals surface area contributed by atoms with Gasteiger partial charge in [-0.3, -0.25) is 4.79 Å². The van der Waals surface area contributed by atoms with Gasteiger partial charge in [0.25, 0.3) is 5.92 Å². The van der Waals surface area contributed by atoms with Gasteiger partial charge in [-0.25, -0.2) is 13.6 Å². The molecule has 0 aromatic rings. The number of rotatable bonds is 1. The van der Waals surface area contributed by atoms with Crippen LogP contribution in [0.1, 0.15) is 12.8 Å². The fourth-order valence-corrected chi connectivity index (χ4v) is 1.67. The van der Waals surface area contributed by atoms with Gasteiger partial charge in [0.2, 0.25) is 0 Å². The summed E-state index contributed by atoms with van der Waals surface area (Å²) in [6.07, 6.45) is -6.59. The van der Waals surface area contributed by atoms with Crippen LogP contribution in [0.5, 0.6) is 0 Å². The normalized spacial score (nSPS) is 24.5. The first kappa shape index (κ1) is 13.7. The smallest absolute Gasteiger partial charge is 0.471 e. The summed E-state index contributed by atoms with van der Waals surface area (Å²) in [7, 11) is 0. The molecule has 0 saturated carbocycles. The lowest BCUT2D eigenvalue weighted by Crippen LogP contribution is -2.60. The molecule has 0 spiro atoms. The minimum Gasteiger partial charge on any atom is -0.480 e. The maximum Gasteiger partial charge on any atom is 0.471 e. The molecule has 0 aromatic heterocycles. The van der Waals surface area contributed by atoms with Crippen LogP contribution in [0, 0.1) is 0 Å². The molecule has 1 rings (SSSR count). The zero-order valence-electron chi connectivity index (χ0n) is 8.30. The monoisotopic (exact) mass is 261 g/mol. The second kappa shape index (κ2) is 4.11. The van der Waals surface area contributed by atoms with Crippen LogP contribution in [-0.2, 0) is 9.59 Å². The fourth-order valence-electron chi connectivity index (χ4n) is 1.67. The molecule has 1 aliphatic rings. The van der Waals surface area contributed by atoms with E-state index >= 15 is 0 Å². The molecule has 1 atom stereocenters. The summed E-state index contributed by atoms with van der Waals surface area (Å²) < 4.78 is 62.6. The van der Waals surface area contributed by atoms with Crippen LogP contribution in [0.25, 0.3) is 0 Å². The molecule has 1 aliphatic heterocycles. The van der Waals surface area contributed by atoms with Crippen molar-refractivity contribution in [2.75, 3.05) is 6.54 Å². The van der Waals surface area contributed by atoms with Crippen molar-refractivity contribution >= 4 is 11.9 Å². The van der Waals surface area contributed by atoms with Gasteiger partial charge in [0.15, 0.2) is 6.04 Å². The van der Waals surface area contributed by atoms with E-state index in [1.54, 1.807) is 0 Å². The van der Waals surface area contributed by atoms with Crippen LogP contribution >= 0.6 is 0 Å². The van der Waals surface area contributed by atoms with Crippen molar-refractivity contribution in [3.63, 3.8) is 0 Å². The number of carbonyl (C=O) groups is 2. The third kappa shape index (κ3) is 2.64. The van der Waals surface area contributed by atoms with Gasteiger partial charge in [0.05, 0.1) is 0 Å². The predicted octanol–water partition coefficient (Wildman–Crippen LogP) is 1.26. The highest BCUT2D eigenvalue weighted by Crippen LogP contribution is 2.35. The first-order valence-electron chi connectivity index (χ1n) is 4.56. The molecule has 1 heterocycles. The molecule has 1 N–H and O–H groups in total. The molecular formula is C8H8F5NO3. The molecule has 0 aromatic carbocycles. The number of aliphatic carboxylic acids is 1. The molecule has 1 amide bonds. The molecule has 0 unspecified atom stereocenters. The van der Waals surface area contributed by atoms with Gasteiger partial charge in [0.1, 0.15) is 0 Å². The Bertz CT molecular complexity index is 341. The Labute approximate surface area is 92.0 Å². The molecule has 0 aliphatic carbocycles. The van der Waals surface area contributed by atoms with Gasteiger partial charge < -0.3 is 10.0 Å². The number of alkyl halides is 5. The van der Waals surface area contributed by atoms with E-state index in [0.29, 0.717) is 0 Å². The summed E-state index contributed by atoms with van der Waals surface area (Å²) in [5.74, 6) is -8.55. The minimum absolute atomic E-state index is 0.328. The Balaban J connectivity index is 3.05. The van der Waals surface area contributed by atoms with Gasteiger partial charge in [-0.2, -0.15) is 13.2 Å². The summed E-state index contributed by atoms with van der Waals surface area (Å²) in [5, 5.41) is 8.52. The number of hydrogen-bond acceptors (Lipinski definition) is 2. The number of nitrogens with zero attached hydrogens (tertiary/aromatic N) is 1. The molecule has 9 heteroatoms. The quantitative estimate of drug-likeness (QED) is 0.723. The van der Waals surface area contributed by atoms with Gasteiger partial charge in [0, 0.05) is 13.0 Å². The third-order valence-electron chi connectivity index (χ3n) is 2.36. The largest absolute Gasteiger partial charge is 0.480 e. The molecular weight excluding hydrogens is 253 g/mol. The van der Waals surface area contributed by atoms with Crippen LogP contribution in [0.15, 0.2) is 0 Å². The Hall–Kier alpha value is -1.41. The number of hydrogen-bond donors (Lipinski definition) is 1. The van der Waals surface area contributed by atoms with Crippen molar-refractivity contribution in [2.45, 2.75) is 31.0 Å². The van der Waals surface area contributed by atoms with E-state index in [2.05, 4.69) is 0 Å². The van der Waals surface area contributed by atoms with Crippen molar-refractivity contribution in [2.24, 2.45) is 0 Å². The lowest BCUT2D eigenvalue weighted by atomic mass is 9.97. The Morgan fingerprint density at radius 1 is 1.29 bits per heavy atom. The maximum absolute atomic E-state index is 13.2. The zero-order valence-corrected chi connectivity index (χ0v) is 8.30. The summed E-state index contributed by atoms with van der Waals surface area (Å²) in [6, 6.07) is -2.76. The topological polar surface area (TPSA) is 57.6 Å². The van der Waals surface area contributed by atoms with Crippen molar-refractivity contribution in [3.8, 4) is 0 Å². The molecule has 1 fully saturated rings. The molecule has 17 heavy (non-hydrogen) atoms. The van der Waals surface area contributed by atoms with E-state index in [0.717, 1.165) is 0 Å². The molecule has 98 valence electrons. The van der Waals surface area contributed by atoms with E-state index in [1.165, 1.54) is 0 Å². The Morgan fingerprint density at radius 3 is 2.24 bits per heavy atom.